The van der Waals surface area contributed by atoms with Crippen LogP contribution in [0.4, 0.5) is 4.39 Å². The Labute approximate surface area is 151 Å². The van der Waals surface area contributed by atoms with Crippen molar-refractivity contribution in [3.05, 3.63) is 35.6 Å². The molecule has 0 fully saturated rings. The molecule has 10 heteroatoms. The molecule has 1 aromatic carbocycles. The molecule has 26 heavy (non-hydrogen) atoms. The van der Waals surface area contributed by atoms with Gasteiger partial charge in [0.05, 0.1) is 25.0 Å². The van der Waals surface area contributed by atoms with Gasteiger partial charge < -0.3 is 15.2 Å². The highest BCUT2D eigenvalue weighted by Gasteiger charge is 2.37. The van der Waals surface area contributed by atoms with E-state index in [-0.39, 0.29) is 24.0 Å². The van der Waals surface area contributed by atoms with Crippen molar-refractivity contribution in [3.63, 3.8) is 0 Å². The molecule has 0 heterocycles. The highest BCUT2D eigenvalue weighted by Crippen LogP contribution is 2.21. The maximum absolute atomic E-state index is 13.0. The maximum atomic E-state index is 13.0. The van der Waals surface area contributed by atoms with Crippen LogP contribution in [-0.2, 0) is 29.9 Å². The van der Waals surface area contributed by atoms with Crippen LogP contribution < -0.4 is 10.0 Å². The van der Waals surface area contributed by atoms with Crippen molar-refractivity contribution in [1.29, 1.82) is 0 Å². The molecular formula is C16H23FN2O6S. The van der Waals surface area contributed by atoms with Gasteiger partial charge in [0.2, 0.25) is 15.9 Å². The second-order valence-corrected chi connectivity index (χ2v) is 7.97. The van der Waals surface area contributed by atoms with Crippen molar-refractivity contribution >= 4 is 21.9 Å². The summed E-state index contributed by atoms with van der Waals surface area (Å²) in [7, 11) is -3.75. The molecule has 1 aromatic rings. The summed E-state index contributed by atoms with van der Waals surface area (Å²) in [5, 5.41) is 11.7. The average molecular weight is 390 g/mol. The summed E-state index contributed by atoms with van der Waals surface area (Å²) in [5.74, 6) is -3.09. The Balaban J connectivity index is 2.71. The van der Waals surface area contributed by atoms with Crippen LogP contribution in [-0.4, -0.2) is 50.4 Å². The summed E-state index contributed by atoms with van der Waals surface area (Å²) in [5.41, 5.74) is -1.69. The minimum atomic E-state index is -3.75. The molecule has 1 unspecified atom stereocenters. The topological polar surface area (TPSA) is 122 Å². The van der Waals surface area contributed by atoms with E-state index in [0.717, 1.165) is 12.1 Å². The van der Waals surface area contributed by atoms with E-state index in [1.807, 2.05) is 0 Å². The van der Waals surface area contributed by atoms with Crippen molar-refractivity contribution < 1.29 is 32.2 Å². The number of carbonyl (C=O) groups excluding carboxylic acids is 1. The third-order valence-electron chi connectivity index (χ3n) is 3.49. The lowest BCUT2D eigenvalue weighted by Gasteiger charge is -2.27. The fourth-order valence-corrected chi connectivity index (χ4v) is 2.81. The van der Waals surface area contributed by atoms with Crippen molar-refractivity contribution in [2.75, 3.05) is 18.9 Å². The first-order valence-corrected chi connectivity index (χ1v) is 9.51. The lowest BCUT2D eigenvalue weighted by atomic mass is 9.92. The molecule has 1 rings (SSSR count). The molecule has 0 aliphatic heterocycles. The number of hydrogen-bond acceptors (Lipinski definition) is 5. The van der Waals surface area contributed by atoms with Gasteiger partial charge >= 0.3 is 5.97 Å². The number of nitrogens with one attached hydrogen (secondary N) is 2. The van der Waals surface area contributed by atoms with E-state index < -0.39 is 39.8 Å². The van der Waals surface area contributed by atoms with Crippen molar-refractivity contribution in [1.82, 2.24) is 10.0 Å². The molecule has 0 saturated carbocycles. The number of halogens is 1. The van der Waals surface area contributed by atoms with Crippen molar-refractivity contribution in [2.24, 2.45) is 0 Å². The Morgan fingerprint density at radius 2 is 1.85 bits per heavy atom. The summed E-state index contributed by atoms with van der Waals surface area (Å²) in [6, 6.07) is 4.61. The molecular weight excluding hydrogens is 367 g/mol. The highest BCUT2D eigenvalue weighted by molar-refractivity contribution is 7.89. The van der Waals surface area contributed by atoms with E-state index in [4.69, 9.17) is 4.74 Å². The quantitative estimate of drug-likeness (QED) is 0.537. The summed E-state index contributed by atoms with van der Waals surface area (Å²) >= 11 is 0. The number of carboxylic acids is 1. The number of sulfonamides is 1. The van der Waals surface area contributed by atoms with Crippen LogP contribution in [0.2, 0.25) is 0 Å². The van der Waals surface area contributed by atoms with Gasteiger partial charge in [0.15, 0.2) is 5.54 Å². The van der Waals surface area contributed by atoms with Crippen LogP contribution in [0, 0.1) is 5.82 Å². The van der Waals surface area contributed by atoms with Crippen LogP contribution in [0.3, 0.4) is 0 Å². The van der Waals surface area contributed by atoms with Crippen LogP contribution in [0.5, 0.6) is 0 Å². The highest BCUT2D eigenvalue weighted by atomic mass is 32.2. The van der Waals surface area contributed by atoms with Gasteiger partial charge in [-0.05, 0) is 38.5 Å². The summed E-state index contributed by atoms with van der Waals surface area (Å²) in [4.78, 5) is 23.6. The van der Waals surface area contributed by atoms with Gasteiger partial charge in [-0.25, -0.2) is 22.3 Å². The first-order chi connectivity index (χ1) is 12.0. The monoisotopic (exact) mass is 390 g/mol. The maximum Gasteiger partial charge on any atom is 0.333 e. The first kappa shape index (κ1) is 22.0. The first-order valence-electron chi connectivity index (χ1n) is 7.85. The molecule has 8 nitrogen and oxygen atoms in total. The van der Waals surface area contributed by atoms with Gasteiger partial charge in [-0.1, -0.05) is 12.1 Å². The molecule has 0 aliphatic rings. The van der Waals surface area contributed by atoms with Crippen LogP contribution in [0.25, 0.3) is 0 Å². The fraction of sp³-hybridized carbons (Fsp3) is 0.500. The number of hydrogen-bond donors (Lipinski definition) is 3. The molecule has 146 valence electrons. The van der Waals surface area contributed by atoms with Crippen LogP contribution in [0.1, 0.15) is 26.3 Å². The van der Waals surface area contributed by atoms with Crippen LogP contribution >= 0.6 is 0 Å². The van der Waals surface area contributed by atoms with Gasteiger partial charge in [0.1, 0.15) is 5.82 Å². The minimum Gasteiger partial charge on any atom is -0.479 e. The Morgan fingerprint density at radius 1 is 1.27 bits per heavy atom. The second-order valence-electron chi connectivity index (χ2n) is 6.04. The molecule has 0 spiro atoms. The van der Waals surface area contributed by atoms with E-state index in [0.29, 0.717) is 0 Å². The number of aliphatic carboxylic acids is 1. The molecule has 0 aliphatic carbocycles. The Bertz CT molecular complexity index is 736. The normalized spacial score (nSPS) is 14.0. The molecule has 3 N–H and O–H groups in total. The average Bonchev–Trinajstić information content (AvgIpc) is 2.53. The van der Waals surface area contributed by atoms with Gasteiger partial charge in [-0.15, -0.1) is 0 Å². The zero-order valence-corrected chi connectivity index (χ0v) is 15.6. The number of ether oxygens (including phenoxy) is 1. The molecule has 0 aromatic heterocycles. The number of rotatable bonds is 10. The Hall–Kier alpha value is -2.04. The lowest BCUT2D eigenvalue weighted by Crippen LogP contribution is -2.52. The smallest absolute Gasteiger partial charge is 0.333 e. The SMILES string of the molecule is CC(C)OCCS(=O)(=O)NCC(=O)NC(C)(C(=O)O)c1ccc(F)cc1. The van der Waals surface area contributed by atoms with Crippen LogP contribution in [0.15, 0.2) is 24.3 Å². The zero-order chi connectivity index (χ0) is 20.0. The number of carboxylic acid groups (broad SMARTS) is 1. The predicted molar refractivity (Wildman–Crippen MR) is 92.4 cm³/mol. The van der Waals surface area contributed by atoms with Crippen molar-refractivity contribution in [3.8, 4) is 0 Å². The van der Waals surface area contributed by atoms with E-state index in [1.165, 1.54) is 19.1 Å². The summed E-state index contributed by atoms with van der Waals surface area (Å²) in [6.07, 6.45) is -0.125. The van der Waals surface area contributed by atoms with E-state index >= 15 is 0 Å². The van der Waals surface area contributed by atoms with E-state index in [9.17, 15) is 27.5 Å². The standard InChI is InChI=1S/C16H23FN2O6S/c1-11(2)25-8-9-26(23,24)18-10-14(20)19-16(3,15(21)22)12-4-6-13(17)7-5-12/h4-7,11,18H,8-10H2,1-3H3,(H,19,20)(H,21,22). The van der Waals surface area contributed by atoms with Crippen molar-refractivity contribution in [2.45, 2.75) is 32.4 Å². The third kappa shape index (κ3) is 6.70. The van der Waals surface area contributed by atoms with Gasteiger partial charge in [0.25, 0.3) is 0 Å². The number of benzene rings is 1. The van der Waals surface area contributed by atoms with E-state index in [1.54, 1.807) is 13.8 Å². The zero-order valence-electron chi connectivity index (χ0n) is 14.8. The molecule has 1 atom stereocenters. The summed E-state index contributed by atoms with van der Waals surface area (Å²) in [6.45, 7) is 4.09. The molecule has 1 amide bonds. The number of carbonyl (C=O) groups is 2. The number of amides is 1. The largest absolute Gasteiger partial charge is 0.479 e. The second kappa shape index (κ2) is 9.06. The Morgan fingerprint density at radius 3 is 2.35 bits per heavy atom. The molecule has 0 radical (unpaired) electrons. The third-order valence-corrected chi connectivity index (χ3v) is 4.78. The van der Waals surface area contributed by atoms with Gasteiger partial charge in [-0.2, -0.15) is 0 Å². The molecule has 0 saturated heterocycles. The van der Waals surface area contributed by atoms with E-state index in [2.05, 4.69) is 10.0 Å². The Kier molecular flexibility index (Phi) is 7.67. The molecule has 0 bridgehead atoms. The fourth-order valence-electron chi connectivity index (χ4n) is 2.00. The van der Waals surface area contributed by atoms with Gasteiger partial charge in [0, 0.05) is 0 Å². The summed E-state index contributed by atoms with van der Waals surface area (Å²) < 4.78 is 43.8. The predicted octanol–water partition coefficient (Wildman–Crippen LogP) is 0.586. The minimum absolute atomic E-state index is 0.0307. The lowest BCUT2D eigenvalue weighted by molar-refractivity contribution is -0.147. The van der Waals surface area contributed by atoms with Gasteiger partial charge in [-0.3, -0.25) is 4.79 Å².